The molecule has 0 saturated carbocycles. The van der Waals surface area contributed by atoms with Gasteiger partial charge < -0.3 is 14.0 Å². The number of rotatable bonds is 8. The van der Waals surface area contributed by atoms with Gasteiger partial charge in [-0.25, -0.2) is 4.98 Å². The Kier molecular flexibility index (Phi) is 6.67. The molecule has 1 heterocycles. The van der Waals surface area contributed by atoms with Crippen molar-refractivity contribution in [3.05, 3.63) is 54.1 Å². The van der Waals surface area contributed by atoms with Gasteiger partial charge in [0.15, 0.2) is 5.16 Å². The molecule has 0 aliphatic carbocycles. The van der Waals surface area contributed by atoms with Gasteiger partial charge in [-0.3, -0.25) is 14.9 Å². The number of ether oxygens (including phenoxy) is 2. The Hall–Kier alpha value is -2.84. The highest BCUT2D eigenvalue weighted by atomic mass is 32.2. The van der Waals surface area contributed by atoms with Crippen LogP contribution in [0.5, 0.6) is 5.75 Å². The Morgan fingerprint density at radius 3 is 2.57 bits per heavy atom. The lowest BCUT2D eigenvalue weighted by Crippen LogP contribution is -2.31. The summed E-state index contributed by atoms with van der Waals surface area (Å²) in [6, 6.07) is 14.3. The minimum absolute atomic E-state index is 0.0815. The number of amides is 2. The van der Waals surface area contributed by atoms with Crippen LogP contribution < -0.4 is 10.1 Å². The number of hydrogen-bond acceptors (Lipinski definition) is 6. The number of fused-ring (bicyclic) bond motifs is 1. The SMILES string of the molecule is COCCn1c(SCC(=O)NC(=O)c2ccc(OC)cc2)nc2ccccc21. The zero-order chi connectivity index (χ0) is 19.9. The first-order chi connectivity index (χ1) is 13.6. The first kappa shape index (κ1) is 19.9. The molecule has 3 aromatic rings. The number of hydrogen-bond donors (Lipinski definition) is 1. The number of nitrogens with one attached hydrogen (secondary N) is 1. The molecule has 0 bridgehead atoms. The van der Waals surface area contributed by atoms with Gasteiger partial charge in [-0.15, -0.1) is 0 Å². The second-order valence-electron chi connectivity index (χ2n) is 5.92. The van der Waals surface area contributed by atoms with Gasteiger partial charge in [0.05, 0.1) is 30.5 Å². The Bertz CT molecular complexity index is 969. The highest BCUT2D eigenvalue weighted by Crippen LogP contribution is 2.24. The van der Waals surface area contributed by atoms with Gasteiger partial charge in [0, 0.05) is 19.2 Å². The van der Waals surface area contributed by atoms with Gasteiger partial charge in [-0.1, -0.05) is 23.9 Å². The molecule has 0 saturated heterocycles. The average Bonchev–Trinajstić information content (AvgIpc) is 3.08. The molecule has 8 heteroatoms. The molecule has 3 rings (SSSR count). The average molecular weight is 399 g/mol. The van der Waals surface area contributed by atoms with Crippen LogP contribution >= 0.6 is 11.8 Å². The van der Waals surface area contributed by atoms with Gasteiger partial charge in [-0.05, 0) is 36.4 Å². The summed E-state index contributed by atoms with van der Waals surface area (Å²) >= 11 is 1.29. The van der Waals surface area contributed by atoms with Gasteiger partial charge in [0.25, 0.3) is 5.91 Å². The molecule has 1 N–H and O–H groups in total. The second kappa shape index (κ2) is 9.38. The van der Waals surface area contributed by atoms with E-state index in [2.05, 4.69) is 10.3 Å². The molecule has 146 valence electrons. The first-order valence-electron chi connectivity index (χ1n) is 8.67. The van der Waals surface area contributed by atoms with E-state index in [1.165, 1.54) is 11.8 Å². The van der Waals surface area contributed by atoms with Crippen molar-refractivity contribution in [2.24, 2.45) is 0 Å². The van der Waals surface area contributed by atoms with Crippen LogP contribution in [0.25, 0.3) is 11.0 Å². The predicted octanol–water partition coefficient (Wildman–Crippen LogP) is 2.74. The number of aromatic nitrogens is 2. The molecule has 2 amide bonds. The maximum atomic E-state index is 12.2. The normalized spacial score (nSPS) is 10.8. The van der Waals surface area contributed by atoms with Crippen molar-refractivity contribution in [2.75, 3.05) is 26.6 Å². The van der Waals surface area contributed by atoms with Gasteiger partial charge in [-0.2, -0.15) is 0 Å². The van der Waals surface area contributed by atoms with E-state index in [9.17, 15) is 9.59 Å². The summed E-state index contributed by atoms with van der Waals surface area (Å²) in [7, 11) is 3.19. The molecule has 0 aliphatic rings. The number of nitrogens with zero attached hydrogens (tertiary/aromatic N) is 2. The summed E-state index contributed by atoms with van der Waals surface area (Å²) < 4.78 is 12.2. The van der Waals surface area contributed by atoms with E-state index in [4.69, 9.17) is 9.47 Å². The molecule has 28 heavy (non-hydrogen) atoms. The number of carbonyl (C=O) groups excluding carboxylic acids is 2. The Labute approximate surface area is 167 Å². The number of thioether (sulfide) groups is 1. The molecule has 1 aromatic heterocycles. The van der Waals surface area contributed by atoms with Crippen molar-refractivity contribution in [1.82, 2.24) is 14.9 Å². The van der Waals surface area contributed by atoms with Crippen molar-refractivity contribution in [3.63, 3.8) is 0 Å². The third-order valence-corrected chi connectivity index (χ3v) is 5.05. The van der Waals surface area contributed by atoms with Crippen LogP contribution in [0.4, 0.5) is 0 Å². The lowest BCUT2D eigenvalue weighted by atomic mass is 10.2. The topological polar surface area (TPSA) is 82.5 Å². The van der Waals surface area contributed by atoms with E-state index < -0.39 is 5.91 Å². The quantitative estimate of drug-likeness (QED) is 0.587. The number of imide groups is 1. The molecule has 0 atom stereocenters. The van der Waals surface area contributed by atoms with Gasteiger partial charge in [0.2, 0.25) is 5.91 Å². The number of carbonyl (C=O) groups is 2. The predicted molar refractivity (Wildman–Crippen MR) is 108 cm³/mol. The third-order valence-electron chi connectivity index (χ3n) is 4.08. The van der Waals surface area contributed by atoms with E-state index in [1.54, 1.807) is 38.5 Å². The lowest BCUT2D eigenvalue weighted by Gasteiger charge is -2.08. The van der Waals surface area contributed by atoms with Gasteiger partial charge in [0.1, 0.15) is 5.75 Å². The maximum absolute atomic E-state index is 12.2. The molecule has 0 fully saturated rings. The van der Waals surface area contributed by atoms with E-state index in [-0.39, 0.29) is 11.7 Å². The molecular weight excluding hydrogens is 378 g/mol. The summed E-state index contributed by atoms with van der Waals surface area (Å²) in [5.41, 5.74) is 2.24. The number of methoxy groups -OCH3 is 2. The van der Waals surface area contributed by atoms with E-state index in [0.29, 0.717) is 29.6 Å². The zero-order valence-electron chi connectivity index (χ0n) is 15.7. The fraction of sp³-hybridized carbons (Fsp3) is 0.250. The van der Waals surface area contributed by atoms with Crippen LogP contribution in [0, 0.1) is 0 Å². The second-order valence-corrected chi connectivity index (χ2v) is 6.86. The molecule has 7 nitrogen and oxygen atoms in total. The number of benzene rings is 2. The summed E-state index contributed by atoms with van der Waals surface area (Å²) in [6.45, 7) is 1.17. The van der Waals surface area contributed by atoms with Crippen molar-refractivity contribution in [3.8, 4) is 5.75 Å². The van der Waals surface area contributed by atoms with Crippen molar-refractivity contribution in [1.29, 1.82) is 0 Å². The van der Waals surface area contributed by atoms with Crippen LogP contribution in [0.1, 0.15) is 10.4 Å². The summed E-state index contributed by atoms with van der Waals surface area (Å²) in [4.78, 5) is 29.0. The molecule has 0 aliphatic heterocycles. The van der Waals surface area contributed by atoms with Crippen molar-refractivity contribution in [2.45, 2.75) is 11.7 Å². The summed E-state index contributed by atoms with van der Waals surface area (Å²) in [5.74, 6) is -0.0937. The third kappa shape index (κ3) is 4.71. The Balaban J connectivity index is 1.64. The maximum Gasteiger partial charge on any atom is 0.257 e. The Morgan fingerprint density at radius 2 is 1.86 bits per heavy atom. The van der Waals surface area contributed by atoms with Crippen LogP contribution in [-0.4, -0.2) is 47.9 Å². The van der Waals surface area contributed by atoms with Crippen LogP contribution in [0.15, 0.2) is 53.7 Å². The van der Waals surface area contributed by atoms with Crippen LogP contribution in [-0.2, 0) is 16.1 Å². The molecular formula is C20H21N3O4S. The van der Waals surface area contributed by atoms with E-state index in [0.717, 1.165) is 11.0 Å². The number of imidazole rings is 1. The Morgan fingerprint density at radius 1 is 1.11 bits per heavy atom. The monoisotopic (exact) mass is 399 g/mol. The molecule has 2 aromatic carbocycles. The van der Waals surface area contributed by atoms with E-state index >= 15 is 0 Å². The smallest absolute Gasteiger partial charge is 0.257 e. The van der Waals surface area contributed by atoms with E-state index in [1.807, 2.05) is 28.8 Å². The highest BCUT2D eigenvalue weighted by molar-refractivity contribution is 7.99. The lowest BCUT2D eigenvalue weighted by molar-refractivity contribution is -0.117. The highest BCUT2D eigenvalue weighted by Gasteiger charge is 2.15. The largest absolute Gasteiger partial charge is 0.497 e. The first-order valence-corrected chi connectivity index (χ1v) is 9.66. The summed E-state index contributed by atoms with van der Waals surface area (Å²) in [5, 5.41) is 3.11. The summed E-state index contributed by atoms with van der Waals surface area (Å²) in [6.07, 6.45) is 0. The number of para-hydroxylation sites is 2. The van der Waals surface area contributed by atoms with Gasteiger partial charge >= 0.3 is 0 Å². The minimum atomic E-state index is -0.443. The molecule has 0 unspecified atom stereocenters. The van der Waals surface area contributed by atoms with Crippen molar-refractivity contribution >= 4 is 34.6 Å². The molecule has 0 radical (unpaired) electrons. The van der Waals surface area contributed by atoms with Crippen molar-refractivity contribution < 1.29 is 19.1 Å². The fourth-order valence-corrected chi connectivity index (χ4v) is 3.51. The fourth-order valence-electron chi connectivity index (χ4n) is 2.67. The minimum Gasteiger partial charge on any atom is -0.497 e. The van der Waals surface area contributed by atoms with Crippen LogP contribution in [0.2, 0.25) is 0 Å². The van der Waals surface area contributed by atoms with Crippen LogP contribution in [0.3, 0.4) is 0 Å². The zero-order valence-corrected chi connectivity index (χ0v) is 16.5. The standard InChI is InChI=1S/C20H21N3O4S/c1-26-12-11-23-17-6-4-3-5-16(17)21-20(23)28-13-18(24)22-19(25)14-7-9-15(27-2)10-8-14/h3-10H,11-13H2,1-2H3,(H,22,24,25). The molecule has 0 spiro atoms.